The Kier molecular flexibility index (Phi) is 3.48. The first-order valence-electron chi connectivity index (χ1n) is 4.69. The lowest BCUT2D eigenvalue weighted by molar-refractivity contribution is 0.0972. The quantitative estimate of drug-likeness (QED) is 0.565. The molecule has 80 valence electrons. The molecule has 0 bridgehead atoms. The third-order valence-corrected chi connectivity index (χ3v) is 2.60. The minimum atomic E-state index is 0. The third-order valence-electron chi connectivity index (χ3n) is 2.60. The second-order valence-electron chi connectivity index (χ2n) is 3.52. The van der Waals surface area contributed by atoms with Gasteiger partial charge < -0.3 is 5.73 Å². The lowest BCUT2D eigenvalue weighted by Crippen LogP contribution is -2.19. The molecule has 0 aliphatic heterocycles. The maximum atomic E-state index is 11.5. The molecule has 1 aliphatic carbocycles. The minimum absolute atomic E-state index is 0. The first kappa shape index (κ1) is 11.7. The van der Waals surface area contributed by atoms with Crippen LogP contribution in [0.15, 0.2) is 18.2 Å². The maximum Gasteiger partial charge on any atom is 0.163 e. The van der Waals surface area contributed by atoms with Crippen molar-refractivity contribution in [3.8, 4) is 0 Å². The maximum absolute atomic E-state index is 11.5. The zero-order chi connectivity index (χ0) is 10.1. The van der Waals surface area contributed by atoms with E-state index in [2.05, 4.69) is 0 Å². The van der Waals surface area contributed by atoms with Gasteiger partial charge in [-0.2, -0.15) is 0 Å². The monoisotopic (exact) mass is 224 g/mol. The van der Waals surface area contributed by atoms with Crippen LogP contribution in [0, 0.1) is 5.41 Å². The van der Waals surface area contributed by atoms with E-state index in [4.69, 9.17) is 11.1 Å². The number of fused-ring (bicyclic) bond motifs is 1. The van der Waals surface area contributed by atoms with Crippen LogP contribution in [0.4, 0.5) is 0 Å². The predicted octanol–water partition coefficient (Wildman–Crippen LogP) is 1.91. The van der Waals surface area contributed by atoms with Crippen LogP contribution in [0.1, 0.15) is 34.3 Å². The van der Waals surface area contributed by atoms with E-state index in [1.165, 1.54) is 0 Å². The van der Waals surface area contributed by atoms with Crippen LogP contribution in [-0.4, -0.2) is 11.6 Å². The van der Waals surface area contributed by atoms with Gasteiger partial charge in [0.05, 0.1) is 0 Å². The fourth-order valence-electron chi connectivity index (χ4n) is 1.93. The Morgan fingerprint density at radius 2 is 2.07 bits per heavy atom. The number of amidine groups is 1. The number of benzene rings is 1. The average molecular weight is 225 g/mol. The molecule has 0 amide bonds. The Labute approximate surface area is 94.6 Å². The van der Waals surface area contributed by atoms with Gasteiger partial charge in [-0.3, -0.25) is 10.2 Å². The van der Waals surface area contributed by atoms with Gasteiger partial charge in [-0.15, -0.1) is 12.4 Å². The van der Waals surface area contributed by atoms with Crippen molar-refractivity contribution in [1.29, 1.82) is 5.41 Å². The topological polar surface area (TPSA) is 66.9 Å². The molecule has 0 aromatic heterocycles. The highest BCUT2D eigenvalue weighted by Crippen LogP contribution is 2.23. The summed E-state index contributed by atoms with van der Waals surface area (Å²) in [6, 6.07) is 5.42. The molecule has 1 aromatic carbocycles. The standard InChI is InChI=1S/C11H12N2O.ClH/c12-11(13)9-5-1-4-8-7(9)3-2-6-10(8)14;/h1,4-5H,2-3,6H2,(H3,12,13);1H. The summed E-state index contributed by atoms with van der Waals surface area (Å²) in [5.41, 5.74) is 7.88. The Morgan fingerprint density at radius 3 is 2.73 bits per heavy atom. The van der Waals surface area contributed by atoms with E-state index in [-0.39, 0.29) is 24.0 Å². The van der Waals surface area contributed by atoms with E-state index in [1.807, 2.05) is 6.07 Å². The fraction of sp³-hybridized carbons (Fsp3) is 0.273. The van der Waals surface area contributed by atoms with E-state index in [9.17, 15) is 4.79 Å². The molecule has 0 radical (unpaired) electrons. The van der Waals surface area contributed by atoms with Crippen molar-refractivity contribution in [3.05, 3.63) is 34.9 Å². The molecule has 0 fully saturated rings. The first-order valence-corrected chi connectivity index (χ1v) is 4.69. The third kappa shape index (κ3) is 2.02. The lowest BCUT2D eigenvalue weighted by Gasteiger charge is -2.17. The number of nitrogens with two attached hydrogens (primary N) is 1. The highest BCUT2D eigenvalue weighted by molar-refractivity contribution is 6.04. The number of halogens is 1. The van der Waals surface area contributed by atoms with Crippen LogP contribution in [0.3, 0.4) is 0 Å². The highest BCUT2D eigenvalue weighted by Gasteiger charge is 2.19. The number of ketones is 1. The van der Waals surface area contributed by atoms with Gasteiger partial charge in [0.2, 0.25) is 0 Å². The second-order valence-corrected chi connectivity index (χ2v) is 3.52. The molecule has 0 unspecified atom stereocenters. The molecule has 4 heteroatoms. The Bertz CT molecular complexity index is 401. The van der Waals surface area contributed by atoms with E-state index < -0.39 is 0 Å². The van der Waals surface area contributed by atoms with E-state index in [1.54, 1.807) is 12.1 Å². The number of rotatable bonds is 1. The molecule has 0 atom stereocenters. The Balaban J connectivity index is 0.00000112. The van der Waals surface area contributed by atoms with Crippen molar-refractivity contribution in [3.63, 3.8) is 0 Å². The molecule has 3 N–H and O–H groups in total. The SMILES string of the molecule is Cl.N=C(N)c1cccc2c1CCCC2=O. The molecule has 0 heterocycles. The Morgan fingerprint density at radius 1 is 1.33 bits per heavy atom. The number of nitrogens with one attached hydrogen (secondary N) is 1. The van der Waals surface area contributed by atoms with Crippen LogP contribution in [0.2, 0.25) is 0 Å². The summed E-state index contributed by atoms with van der Waals surface area (Å²) < 4.78 is 0. The summed E-state index contributed by atoms with van der Waals surface area (Å²) in [7, 11) is 0. The van der Waals surface area contributed by atoms with Crippen LogP contribution in [-0.2, 0) is 6.42 Å². The number of nitrogen functional groups attached to an aromatic ring is 1. The van der Waals surface area contributed by atoms with Gasteiger partial charge >= 0.3 is 0 Å². The zero-order valence-electron chi connectivity index (χ0n) is 8.25. The molecule has 3 nitrogen and oxygen atoms in total. The van der Waals surface area contributed by atoms with E-state index in [0.29, 0.717) is 6.42 Å². The molecule has 0 saturated carbocycles. The summed E-state index contributed by atoms with van der Waals surface area (Å²) in [6.07, 6.45) is 2.35. The smallest absolute Gasteiger partial charge is 0.163 e. The van der Waals surface area contributed by atoms with Crippen molar-refractivity contribution in [2.24, 2.45) is 5.73 Å². The summed E-state index contributed by atoms with van der Waals surface area (Å²) in [5.74, 6) is 0.228. The second kappa shape index (κ2) is 4.45. The van der Waals surface area contributed by atoms with Gasteiger partial charge in [0.1, 0.15) is 5.84 Å². The van der Waals surface area contributed by atoms with Gasteiger partial charge in [0.15, 0.2) is 5.78 Å². The number of hydrogen-bond acceptors (Lipinski definition) is 2. The summed E-state index contributed by atoms with van der Waals surface area (Å²) in [5, 5.41) is 7.41. The lowest BCUT2D eigenvalue weighted by atomic mass is 9.87. The van der Waals surface area contributed by atoms with Crippen LogP contribution in [0.25, 0.3) is 0 Å². The average Bonchev–Trinajstić information content (AvgIpc) is 2.17. The molecule has 0 spiro atoms. The predicted molar refractivity (Wildman–Crippen MR) is 62.0 cm³/mol. The highest BCUT2D eigenvalue weighted by atomic mass is 35.5. The molecule has 0 saturated heterocycles. The van der Waals surface area contributed by atoms with E-state index >= 15 is 0 Å². The van der Waals surface area contributed by atoms with Crippen molar-refractivity contribution >= 4 is 24.0 Å². The van der Waals surface area contributed by atoms with Gasteiger partial charge in [-0.25, -0.2) is 0 Å². The van der Waals surface area contributed by atoms with Crippen molar-refractivity contribution in [1.82, 2.24) is 0 Å². The fourth-order valence-corrected chi connectivity index (χ4v) is 1.93. The first-order chi connectivity index (χ1) is 6.70. The van der Waals surface area contributed by atoms with Crippen molar-refractivity contribution < 1.29 is 4.79 Å². The van der Waals surface area contributed by atoms with Gasteiger partial charge in [-0.1, -0.05) is 18.2 Å². The van der Waals surface area contributed by atoms with Gasteiger partial charge in [-0.05, 0) is 18.4 Å². The molecule has 15 heavy (non-hydrogen) atoms. The largest absolute Gasteiger partial charge is 0.384 e. The number of carbonyl (C=O) groups excluding carboxylic acids is 1. The number of hydrogen-bond donors (Lipinski definition) is 2. The summed E-state index contributed by atoms with van der Waals surface area (Å²) in [6.45, 7) is 0. The molecule has 2 rings (SSSR count). The van der Waals surface area contributed by atoms with Crippen LogP contribution < -0.4 is 5.73 Å². The molecular weight excluding hydrogens is 212 g/mol. The van der Waals surface area contributed by atoms with Crippen molar-refractivity contribution in [2.45, 2.75) is 19.3 Å². The summed E-state index contributed by atoms with van der Waals surface area (Å²) >= 11 is 0. The van der Waals surface area contributed by atoms with Crippen LogP contribution >= 0.6 is 12.4 Å². The summed E-state index contributed by atoms with van der Waals surface area (Å²) in [4.78, 5) is 11.5. The zero-order valence-corrected chi connectivity index (χ0v) is 9.06. The molecule has 1 aliphatic rings. The minimum Gasteiger partial charge on any atom is -0.384 e. The normalized spacial score (nSPS) is 14.0. The van der Waals surface area contributed by atoms with Crippen LogP contribution in [0.5, 0.6) is 0 Å². The van der Waals surface area contributed by atoms with Gasteiger partial charge in [0.25, 0.3) is 0 Å². The molecule has 1 aromatic rings. The number of carbonyl (C=O) groups is 1. The van der Waals surface area contributed by atoms with Crippen molar-refractivity contribution in [2.75, 3.05) is 0 Å². The molecular formula is C11H13ClN2O. The van der Waals surface area contributed by atoms with E-state index in [0.717, 1.165) is 29.5 Å². The number of Topliss-reactive ketones (excluding diaryl/α,β-unsaturated/α-hetero) is 1. The Hall–Kier alpha value is -1.35. The van der Waals surface area contributed by atoms with Gasteiger partial charge in [0, 0.05) is 17.5 Å².